The average Bonchev–Trinajstić information content (AvgIpc) is 1.57. The van der Waals surface area contributed by atoms with Crippen LogP contribution in [0.3, 0.4) is 0 Å². The zero-order valence-electron chi connectivity index (χ0n) is 56.3. The molecule has 0 saturated heterocycles. The van der Waals surface area contributed by atoms with Gasteiger partial charge in [0.15, 0.2) is 0 Å². The number of para-hydroxylation sites is 3. The van der Waals surface area contributed by atoms with Crippen LogP contribution in [0.2, 0.25) is 0 Å². The number of hydrogen-bond acceptors (Lipinski definition) is 4. The predicted molar refractivity (Wildman–Crippen MR) is 393 cm³/mol. The van der Waals surface area contributed by atoms with Gasteiger partial charge in [-0.05, 0) is 131 Å². The molecule has 2 aromatic heterocycles. The molecule has 0 spiro atoms. The summed E-state index contributed by atoms with van der Waals surface area (Å²) < 4.78 is 10.1. The van der Waals surface area contributed by atoms with Crippen LogP contribution in [-0.4, -0.2) is 9.55 Å². The zero-order chi connectivity index (χ0) is 65.1. The van der Waals surface area contributed by atoms with Crippen LogP contribution in [0, 0.1) is 18.8 Å². The smallest absolute Gasteiger partial charge is 0.135 e. The summed E-state index contributed by atoms with van der Waals surface area (Å²) in [5.74, 6) is 1.95. The van der Waals surface area contributed by atoms with Gasteiger partial charge in [-0.25, -0.2) is 4.98 Å². The van der Waals surface area contributed by atoms with Crippen molar-refractivity contribution in [2.75, 3.05) is 9.80 Å². The molecule has 0 radical (unpaired) electrons. The standard InChI is InChI=1S/C89H79N4O.Pt/c1-85(2,3)61-44-45-90-83(53-61)93-78-41-27-24-38-71(78)75-55-72(58-30-16-13-17-31-58)82(56-81(75)93)94-68-50-66(89(65-47-62(86(4,5)6)46-63(48-65)87(7,8)9)76-39-25-22-36-69(76)70-37-23-26-40-77(70)89)49-67(54-68)91-57-92(80-43-29-28-42-79(80)91)84-73(59-32-18-14-19-33-59)51-64(88(10,11)12)52-74(84)60-34-20-15-21-35-60;/h13-53,55,57H,1-12H3;/q-3;. The van der Waals surface area contributed by atoms with Gasteiger partial charge in [0.25, 0.3) is 0 Å². The molecule has 11 aromatic carbocycles. The number of rotatable bonds is 10. The molecule has 6 heteroatoms. The van der Waals surface area contributed by atoms with E-state index in [1.165, 1.54) is 50.1 Å². The molecule has 15 rings (SSSR count). The van der Waals surface area contributed by atoms with Crippen molar-refractivity contribution in [2.45, 2.75) is 110 Å². The van der Waals surface area contributed by atoms with E-state index >= 15 is 0 Å². The summed E-state index contributed by atoms with van der Waals surface area (Å²) in [5.41, 5.74) is 23.0. The van der Waals surface area contributed by atoms with Crippen LogP contribution in [0.15, 0.2) is 255 Å². The van der Waals surface area contributed by atoms with Crippen molar-refractivity contribution in [3.63, 3.8) is 0 Å². The van der Waals surface area contributed by atoms with Gasteiger partial charge in [-0.3, -0.25) is 0 Å². The predicted octanol–water partition coefficient (Wildman–Crippen LogP) is 23.5. The summed E-state index contributed by atoms with van der Waals surface area (Å²) in [5, 5.41) is 2.16. The summed E-state index contributed by atoms with van der Waals surface area (Å²) in [6.45, 7) is 30.0. The summed E-state index contributed by atoms with van der Waals surface area (Å²) in [4.78, 5) is 9.87. The third-order valence-electron chi connectivity index (χ3n) is 19.4. The normalized spacial score (nSPS) is 13.6. The van der Waals surface area contributed by atoms with Crippen LogP contribution in [0.25, 0.3) is 72.1 Å². The van der Waals surface area contributed by atoms with Crippen molar-refractivity contribution in [1.29, 1.82) is 0 Å². The Bertz CT molecular complexity index is 4940. The quantitative estimate of drug-likeness (QED) is 0.128. The summed E-state index contributed by atoms with van der Waals surface area (Å²) >= 11 is 0. The van der Waals surface area contributed by atoms with E-state index in [1.807, 2.05) is 6.20 Å². The first kappa shape index (κ1) is 62.9. The number of pyridine rings is 1. The van der Waals surface area contributed by atoms with Crippen molar-refractivity contribution in [3.8, 4) is 61.8 Å². The Kier molecular flexibility index (Phi) is 15.7. The second-order valence-corrected chi connectivity index (χ2v) is 29.8. The number of fused-ring (bicyclic) bond motifs is 7. The fourth-order valence-corrected chi connectivity index (χ4v) is 14.3. The molecule has 474 valence electrons. The zero-order valence-corrected chi connectivity index (χ0v) is 58.6. The Balaban J connectivity index is 0.00000778. The molecule has 1 aliphatic carbocycles. The summed E-state index contributed by atoms with van der Waals surface area (Å²) in [6.07, 6.45) is 1.94. The van der Waals surface area contributed by atoms with E-state index < -0.39 is 5.41 Å². The minimum absolute atomic E-state index is 0. The fraction of sp³-hybridized carbons (Fsp3) is 0.191. The van der Waals surface area contributed by atoms with Gasteiger partial charge in [-0.2, -0.15) is 6.07 Å². The van der Waals surface area contributed by atoms with Crippen LogP contribution >= 0.6 is 0 Å². The van der Waals surface area contributed by atoms with Gasteiger partial charge in [-0.15, -0.1) is 47.6 Å². The SMILES string of the molecule is CC(C)(C)c1cc(C(C)(C)C)cc(C2(c3cc(Oc4[c-]c5c(cc4-c4ccccc4)c4ccccc4n5-c4cc(C(C)(C)C)ccn4)[c-]c(N4[CH-]N(c5c(-c6ccccc6)cc(C(C)(C)C)cc5-c5ccccc5)c5ccccc54)c3)c3ccccc3-c3ccccc32)c1.[Pt]. The van der Waals surface area contributed by atoms with Gasteiger partial charge in [0.2, 0.25) is 0 Å². The first-order valence-corrected chi connectivity index (χ1v) is 33.1. The van der Waals surface area contributed by atoms with Gasteiger partial charge >= 0.3 is 0 Å². The number of nitrogens with zero attached hydrogens (tertiary/aromatic N) is 4. The van der Waals surface area contributed by atoms with Crippen LogP contribution in [0.1, 0.15) is 128 Å². The van der Waals surface area contributed by atoms with Crippen molar-refractivity contribution < 1.29 is 25.8 Å². The second kappa shape index (κ2) is 23.7. The molecule has 0 amide bonds. The van der Waals surface area contributed by atoms with Crippen molar-refractivity contribution >= 4 is 44.6 Å². The number of hydrogen-bond donors (Lipinski definition) is 0. The molecule has 3 heterocycles. The van der Waals surface area contributed by atoms with E-state index in [9.17, 15) is 0 Å². The molecule has 2 aliphatic rings. The van der Waals surface area contributed by atoms with E-state index in [-0.39, 0.29) is 42.7 Å². The van der Waals surface area contributed by atoms with Crippen LogP contribution in [-0.2, 0) is 48.1 Å². The Hall–Kier alpha value is -9.54. The molecule has 0 fully saturated rings. The molecule has 13 aromatic rings. The monoisotopic (exact) mass is 1410 g/mol. The topological polar surface area (TPSA) is 33.5 Å². The van der Waals surface area contributed by atoms with Crippen molar-refractivity contribution in [3.05, 3.63) is 318 Å². The third kappa shape index (κ3) is 11.0. The largest absolute Gasteiger partial charge is 0.509 e. The van der Waals surface area contributed by atoms with Crippen LogP contribution in [0.4, 0.5) is 22.7 Å². The van der Waals surface area contributed by atoms with E-state index in [0.29, 0.717) is 11.5 Å². The molecular formula is C89H79N4OPt-3. The number of ether oxygens (including phenoxy) is 1. The maximum atomic E-state index is 7.85. The van der Waals surface area contributed by atoms with Gasteiger partial charge in [0.05, 0.1) is 0 Å². The molecule has 0 N–H and O–H groups in total. The molecule has 0 unspecified atom stereocenters. The first-order valence-electron chi connectivity index (χ1n) is 33.1. The van der Waals surface area contributed by atoms with Gasteiger partial charge in [0.1, 0.15) is 5.82 Å². The molecule has 0 bridgehead atoms. The molecular weight excluding hydrogens is 1340 g/mol. The Morgan fingerprint density at radius 3 is 1.43 bits per heavy atom. The van der Waals surface area contributed by atoms with Crippen LogP contribution < -0.4 is 14.5 Å². The fourth-order valence-electron chi connectivity index (χ4n) is 14.3. The average molecular weight is 1420 g/mol. The van der Waals surface area contributed by atoms with E-state index in [0.717, 1.165) is 89.3 Å². The first-order chi connectivity index (χ1) is 45.1. The Labute approximate surface area is 576 Å². The molecule has 95 heavy (non-hydrogen) atoms. The van der Waals surface area contributed by atoms with Crippen LogP contribution in [0.5, 0.6) is 11.5 Å². The van der Waals surface area contributed by atoms with Gasteiger partial charge in [-0.1, -0.05) is 288 Å². The summed E-state index contributed by atoms with van der Waals surface area (Å²) in [6, 6.07) is 99.7. The Morgan fingerprint density at radius 2 is 0.874 bits per heavy atom. The minimum Gasteiger partial charge on any atom is -0.509 e. The molecule has 1 aliphatic heterocycles. The van der Waals surface area contributed by atoms with Crippen molar-refractivity contribution in [1.82, 2.24) is 9.55 Å². The molecule has 0 saturated carbocycles. The van der Waals surface area contributed by atoms with Gasteiger partial charge < -0.3 is 19.1 Å². The maximum absolute atomic E-state index is 7.85. The third-order valence-corrected chi connectivity index (χ3v) is 19.4. The number of anilines is 4. The maximum Gasteiger partial charge on any atom is 0.135 e. The Morgan fingerprint density at radius 1 is 0.400 bits per heavy atom. The van der Waals surface area contributed by atoms with E-state index in [2.05, 4.69) is 365 Å². The summed E-state index contributed by atoms with van der Waals surface area (Å²) in [7, 11) is 0. The van der Waals surface area contributed by atoms with Gasteiger partial charge in [0, 0.05) is 77.9 Å². The van der Waals surface area contributed by atoms with E-state index in [4.69, 9.17) is 9.72 Å². The van der Waals surface area contributed by atoms with Crippen molar-refractivity contribution in [2.24, 2.45) is 0 Å². The molecule has 5 nitrogen and oxygen atoms in total. The van der Waals surface area contributed by atoms with E-state index in [1.54, 1.807) is 0 Å². The second-order valence-electron chi connectivity index (χ2n) is 29.8. The number of aromatic nitrogens is 2. The number of benzene rings is 11. The molecule has 0 atom stereocenters. The minimum atomic E-state index is -0.856.